The normalized spacial score (nSPS) is 13.6. The van der Waals surface area contributed by atoms with Gasteiger partial charge in [-0.2, -0.15) is 0 Å². The second kappa shape index (κ2) is 20.2. The fraction of sp³-hybridized carbons (Fsp3) is 0.568. The van der Waals surface area contributed by atoms with E-state index in [4.69, 9.17) is 37.9 Å². The molecule has 3 rings (SSSR count). The van der Waals surface area contributed by atoms with E-state index in [2.05, 4.69) is 49.3 Å². The van der Waals surface area contributed by atoms with E-state index >= 15 is 4.79 Å². The van der Waals surface area contributed by atoms with Crippen molar-refractivity contribution < 1.29 is 57.1 Å². The van der Waals surface area contributed by atoms with Crippen molar-refractivity contribution in [3.63, 3.8) is 0 Å². The number of nitrogens with zero attached hydrogens (tertiary/aromatic N) is 1. The molecule has 1 heterocycles. The largest absolute Gasteiger partial charge is 0.493 e. The van der Waals surface area contributed by atoms with Gasteiger partial charge in [-0.25, -0.2) is 4.79 Å². The zero-order chi connectivity index (χ0) is 40.3. The molecule has 4 unspecified atom stereocenters. The van der Waals surface area contributed by atoms with E-state index in [0.29, 0.717) is 49.9 Å². The highest BCUT2D eigenvalue weighted by Crippen LogP contribution is 2.47. The van der Waals surface area contributed by atoms with Crippen LogP contribution in [-0.4, -0.2) is 87.5 Å². The van der Waals surface area contributed by atoms with Crippen molar-refractivity contribution in [1.82, 2.24) is 15.3 Å². The fourth-order valence-electron chi connectivity index (χ4n) is 5.81. The molecule has 0 spiro atoms. The van der Waals surface area contributed by atoms with Gasteiger partial charge < -0.3 is 53.2 Å². The molecule has 2 N–H and O–H groups in total. The Labute approximate surface area is 333 Å². The van der Waals surface area contributed by atoms with Crippen LogP contribution in [0.2, 0.25) is 0 Å². The summed E-state index contributed by atoms with van der Waals surface area (Å²) in [6.45, 7) is 13.4. The summed E-state index contributed by atoms with van der Waals surface area (Å²) in [6.07, 6.45) is 0.823. The summed E-state index contributed by atoms with van der Waals surface area (Å²) in [7, 11) is 5.17. The van der Waals surface area contributed by atoms with Crippen LogP contribution >= 0.6 is 32.0 Å². The Hall–Kier alpha value is -3.76. The van der Waals surface area contributed by atoms with Gasteiger partial charge in [-0.3, -0.25) is 14.4 Å². The van der Waals surface area contributed by atoms with Gasteiger partial charge >= 0.3 is 12.1 Å². The van der Waals surface area contributed by atoms with Crippen molar-refractivity contribution in [3.05, 3.63) is 38.0 Å². The van der Waals surface area contributed by atoms with Gasteiger partial charge in [-0.1, -0.05) is 19.4 Å². The van der Waals surface area contributed by atoms with Crippen LogP contribution in [0.15, 0.2) is 12.1 Å². The molecule has 300 valence electrons. The first-order chi connectivity index (χ1) is 25.5. The second-order valence-corrected chi connectivity index (χ2v) is 15.0. The first-order valence-corrected chi connectivity index (χ1v) is 19.1. The Kier molecular flexibility index (Phi) is 16.7. The van der Waals surface area contributed by atoms with Crippen LogP contribution in [-0.2, 0) is 35.0 Å². The van der Waals surface area contributed by atoms with E-state index in [1.54, 1.807) is 40.9 Å². The summed E-state index contributed by atoms with van der Waals surface area (Å²) in [5.74, 6) is 0.163. The van der Waals surface area contributed by atoms with Gasteiger partial charge in [0.05, 0.1) is 23.3 Å². The minimum Gasteiger partial charge on any atom is -0.493 e. The molecule has 17 heteroatoms. The molecule has 2 aromatic rings. The molecule has 0 saturated heterocycles. The minimum absolute atomic E-state index is 0.0505. The minimum atomic E-state index is -1.32. The van der Waals surface area contributed by atoms with Gasteiger partial charge in [0.1, 0.15) is 30.0 Å². The van der Waals surface area contributed by atoms with Crippen molar-refractivity contribution in [2.24, 2.45) is 0 Å². The van der Waals surface area contributed by atoms with Crippen molar-refractivity contribution in [2.75, 3.05) is 41.0 Å². The zero-order valence-electron chi connectivity index (χ0n) is 32.6. The van der Waals surface area contributed by atoms with Crippen LogP contribution in [0.3, 0.4) is 0 Å². The summed E-state index contributed by atoms with van der Waals surface area (Å²) in [4.78, 5) is 55.8. The Morgan fingerprint density at radius 2 is 1.74 bits per heavy atom. The lowest BCUT2D eigenvalue weighted by Gasteiger charge is -2.38. The Bertz CT molecular complexity index is 1670. The smallest absolute Gasteiger partial charge is 0.408 e. The van der Waals surface area contributed by atoms with E-state index in [1.807, 2.05) is 13.0 Å². The molecule has 0 bridgehead atoms. The number of hydrogen-bond donors (Lipinski definition) is 2. The molecule has 0 aromatic heterocycles. The second-order valence-electron chi connectivity index (χ2n) is 13.6. The first kappa shape index (κ1) is 44.6. The van der Waals surface area contributed by atoms with Crippen LogP contribution < -0.4 is 34.1 Å². The first-order valence-electron chi connectivity index (χ1n) is 17.5. The lowest BCUT2D eigenvalue weighted by Crippen LogP contribution is -2.57. The van der Waals surface area contributed by atoms with Crippen molar-refractivity contribution >= 4 is 55.9 Å². The summed E-state index contributed by atoms with van der Waals surface area (Å²) < 4.78 is 46.5. The number of aryl methyl sites for hydroxylation is 1. The van der Waals surface area contributed by atoms with E-state index in [-0.39, 0.29) is 25.8 Å². The number of alkyl carbamates (subject to hydrolysis) is 1. The van der Waals surface area contributed by atoms with Crippen LogP contribution in [0.4, 0.5) is 4.79 Å². The Morgan fingerprint density at radius 1 is 1.06 bits per heavy atom. The number of methoxy groups -OCH3 is 2. The number of carbonyl (C=O) groups is 4. The van der Waals surface area contributed by atoms with Gasteiger partial charge in [-0.15, -0.1) is 0 Å². The average molecular weight is 890 g/mol. The summed E-state index contributed by atoms with van der Waals surface area (Å²) in [6, 6.07) is -0.170. The predicted molar refractivity (Wildman–Crippen MR) is 211 cm³/mol. The van der Waals surface area contributed by atoms with E-state index in [0.717, 1.165) is 18.4 Å². The van der Waals surface area contributed by atoms with E-state index in [1.165, 1.54) is 25.9 Å². The third-order valence-electron chi connectivity index (χ3n) is 8.33. The molecule has 15 nitrogen and oxygen atoms in total. The van der Waals surface area contributed by atoms with Crippen molar-refractivity contribution in [2.45, 2.75) is 98.4 Å². The lowest BCUT2D eigenvalue weighted by atomic mass is 9.96. The van der Waals surface area contributed by atoms with Crippen LogP contribution in [0.25, 0.3) is 0 Å². The molecular formula is C37H53IN3O12P. The van der Waals surface area contributed by atoms with Gasteiger partial charge in [0.15, 0.2) is 29.8 Å². The summed E-state index contributed by atoms with van der Waals surface area (Å²) in [5, 5.41) is 5.29. The molecule has 0 radical (unpaired) electrons. The predicted octanol–water partition coefficient (Wildman–Crippen LogP) is 5.67. The molecule has 3 amide bonds. The number of nitrogens with one attached hydrogen (secondary N) is 2. The topological polar surface area (TPSA) is 169 Å². The highest BCUT2D eigenvalue weighted by atomic mass is 127. The number of rotatable bonds is 18. The zero-order valence-corrected chi connectivity index (χ0v) is 36.0. The number of carbonyl (C=O) groups excluding carboxylic acids is 4. The SMILES string of the molecule is CCCCOc1c(I)c(CC(NC(=O)OC(C)(C)C)C(=O)N(C(C)C(=O)NP)C(COC(C)=O)c2cc(OCOC)c(C)c3c2OCO3)cc(C)c1OC. The Morgan fingerprint density at radius 3 is 2.33 bits per heavy atom. The lowest BCUT2D eigenvalue weighted by molar-refractivity contribution is -0.151. The molecule has 0 aliphatic carbocycles. The average Bonchev–Trinajstić information content (AvgIpc) is 3.61. The third kappa shape index (κ3) is 11.4. The number of benzene rings is 2. The molecule has 4 atom stereocenters. The molecular weight excluding hydrogens is 836 g/mol. The van der Waals surface area contributed by atoms with Gasteiger partial charge in [0, 0.05) is 31.6 Å². The molecule has 0 fully saturated rings. The highest BCUT2D eigenvalue weighted by molar-refractivity contribution is 14.1. The molecule has 0 saturated carbocycles. The number of ether oxygens (including phenoxy) is 8. The Balaban J connectivity index is 2.30. The molecule has 54 heavy (non-hydrogen) atoms. The number of esters is 1. The van der Waals surface area contributed by atoms with Gasteiger partial charge in [0.2, 0.25) is 18.6 Å². The van der Waals surface area contributed by atoms with E-state index in [9.17, 15) is 14.4 Å². The maximum Gasteiger partial charge on any atom is 0.408 e. The summed E-state index contributed by atoms with van der Waals surface area (Å²) >= 11 is 2.15. The number of amides is 3. The van der Waals surface area contributed by atoms with Gasteiger partial charge in [-0.05, 0) is 97.1 Å². The van der Waals surface area contributed by atoms with Crippen molar-refractivity contribution in [1.29, 1.82) is 0 Å². The number of hydrogen-bond acceptors (Lipinski definition) is 12. The van der Waals surface area contributed by atoms with Gasteiger partial charge in [0.25, 0.3) is 0 Å². The monoisotopic (exact) mass is 889 g/mol. The standard InChI is InChI=1S/C37H53IN3O12P/c1-11-12-13-48-33-29(38)24(14-20(2)30(33)47-10)15-26(39-36(45)53-37(6,7)8)35(44)41(22(4)34(43)40-54)27(17-49-23(5)42)25-16-28(50-18-46-9)21(3)31-32(25)52-19-51-31/h14,16,22,26-27H,11-13,15,17-19,54H2,1-10H3,(H,39,45)(H,40,43). The molecule has 1 aliphatic heterocycles. The summed E-state index contributed by atoms with van der Waals surface area (Å²) in [5.41, 5.74) is 1.45. The van der Waals surface area contributed by atoms with Crippen LogP contribution in [0.1, 0.15) is 82.7 Å². The number of fused-ring (bicyclic) bond motifs is 1. The molecule has 2 aromatic carbocycles. The quantitative estimate of drug-likeness (QED) is 0.0620. The number of halogens is 1. The van der Waals surface area contributed by atoms with Crippen LogP contribution in [0.5, 0.6) is 28.7 Å². The maximum absolute atomic E-state index is 15.3. The van der Waals surface area contributed by atoms with E-state index < -0.39 is 54.2 Å². The fourth-order valence-corrected chi connectivity index (χ4v) is 6.83. The van der Waals surface area contributed by atoms with Crippen molar-refractivity contribution in [3.8, 4) is 28.7 Å². The third-order valence-corrected chi connectivity index (χ3v) is 9.80. The highest BCUT2D eigenvalue weighted by Gasteiger charge is 2.42. The maximum atomic E-state index is 15.3. The molecule has 1 aliphatic rings. The van der Waals surface area contributed by atoms with Crippen LogP contribution in [0, 0.1) is 17.4 Å². The number of unbranched alkanes of at least 4 members (excludes halogenated alkanes) is 1.